The molecule has 0 radical (unpaired) electrons. The fourth-order valence-corrected chi connectivity index (χ4v) is 5.49. The van der Waals surface area contributed by atoms with Crippen LogP contribution in [0.5, 0.6) is 5.75 Å². The third kappa shape index (κ3) is 3.02. The van der Waals surface area contributed by atoms with Gasteiger partial charge in [0.2, 0.25) is 5.91 Å². The summed E-state index contributed by atoms with van der Waals surface area (Å²) in [5.74, 6) is 0.0928. The average Bonchev–Trinajstić information content (AvgIpc) is 2.95. The molecular weight excluding hydrogens is 389 g/mol. The van der Waals surface area contributed by atoms with Crippen LogP contribution in [0.2, 0.25) is 0 Å². The van der Waals surface area contributed by atoms with Crippen molar-refractivity contribution in [3.63, 3.8) is 0 Å². The highest BCUT2D eigenvalue weighted by molar-refractivity contribution is 5.82. The lowest BCUT2D eigenvalue weighted by molar-refractivity contribution is -0.274. The molecule has 2 atom stereocenters. The zero-order chi connectivity index (χ0) is 20.6. The van der Waals surface area contributed by atoms with E-state index in [1.54, 1.807) is 13.0 Å². The predicted molar refractivity (Wildman–Crippen MR) is 94.2 cm³/mol. The lowest BCUT2D eigenvalue weighted by atomic mass is 9.68. The Labute approximate surface area is 165 Å². The minimum absolute atomic E-state index is 0.0954. The lowest BCUT2D eigenvalue weighted by Crippen LogP contribution is -2.58. The quantitative estimate of drug-likeness (QED) is 0.832. The topological polar surface area (TPSA) is 67.9 Å². The van der Waals surface area contributed by atoms with Gasteiger partial charge in [-0.3, -0.25) is 4.79 Å². The van der Waals surface area contributed by atoms with Crippen molar-refractivity contribution >= 4 is 12.0 Å². The van der Waals surface area contributed by atoms with Crippen LogP contribution in [0.15, 0.2) is 18.2 Å². The highest BCUT2D eigenvalue weighted by atomic mass is 19.4. The largest absolute Gasteiger partial charge is 0.573 e. The molecule has 2 aliphatic heterocycles. The van der Waals surface area contributed by atoms with Crippen molar-refractivity contribution in [2.24, 2.45) is 11.8 Å². The molecule has 1 aromatic carbocycles. The number of hydrogen-bond donors (Lipinski definition) is 1. The molecule has 9 heteroatoms. The number of ether oxygens (including phenoxy) is 2. The summed E-state index contributed by atoms with van der Waals surface area (Å²) in [6.45, 7) is 3.36. The zero-order valence-electron chi connectivity index (χ0n) is 15.8. The Morgan fingerprint density at radius 3 is 2.69 bits per heavy atom. The number of amides is 2. The van der Waals surface area contributed by atoms with Crippen LogP contribution in [-0.2, 0) is 14.9 Å². The van der Waals surface area contributed by atoms with Gasteiger partial charge in [-0.25, -0.2) is 4.79 Å². The van der Waals surface area contributed by atoms with E-state index in [0.29, 0.717) is 38.5 Å². The van der Waals surface area contributed by atoms with Crippen molar-refractivity contribution < 1.29 is 32.2 Å². The molecule has 4 fully saturated rings. The Balaban J connectivity index is 1.25. The second kappa shape index (κ2) is 5.79. The molecule has 2 saturated heterocycles. The van der Waals surface area contributed by atoms with Crippen LogP contribution in [0.4, 0.5) is 18.0 Å². The lowest BCUT2D eigenvalue weighted by Gasteiger charge is -2.43. The number of carbonyl (C=O) groups excluding carboxylic acids is 2. The molecule has 1 aromatic rings. The fourth-order valence-electron chi connectivity index (χ4n) is 5.49. The number of rotatable bonds is 3. The van der Waals surface area contributed by atoms with Crippen molar-refractivity contribution in [1.82, 2.24) is 10.2 Å². The number of alkyl carbamates (subject to hydrolysis) is 1. The van der Waals surface area contributed by atoms with Crippen LogP contribution in [0.25, 0.3) is 0 Å². The number of piperidine rings is 1. The minimum Gasteiger partial charge on any atom is -0.447 e. The van der Waals surface area contributed by atoms with Crippen LogP contribution in [0, 0.1) is 18.8 Å². The summed E-state index contributed by atoms with van der Waals surface area (Å²) < 4.78 is 46.3. The molecule has 1 N–H and O–H groups in total. The molecule has 2 heterocycles. The average molecular weight is 410 g/mol. The highest BCUT2D eigenvalue weighted by Gasteiger charge is 2.63. The molecule has 156 valence electrons. The van der Waals surface area contributed by atoms with E-state index >= 15 is 0 Å². The number of carbonyl (C=O) groups is 2. The van der Waals surface area contributed by atoms with E-state index in [4.69, 9.17) is 4.74 Å². The normalized spacial score (nSPS) is 35.0. The number of fused-ring (bicyclic) bond motifs is 1. The second-order valence-electron chi connectivity index (χ2n) is 8.89. The highest BCUT2D eigenvalue weighted by Crippen LogP contribution is 2.60. The van der Waals surface area contributed by atoms with Gasteiger partial charge < -0.3 is 19.7 Å². The van der Waals surface area contributed by atoms with E-state index < -0.39 is 12.5 Å². The maximum atomic E-state index is 12.9. The molecule has 2 unspecified atom stereocenters. The van der Waals surface area contributed by atoms with Gasteiger partial charge in [0, 0.05) is 24.4 Å². The zero-order valence-corrected chi connectivity index (χ0v) is 15.8. The van der Waals surface area contributed by atoms with E-state index in [1.165, 1.54) is 12.1 Å². The molecule has 0 aromatic heterocycles. The van der Waals surface area contributed by atoms with Crippen LogP contribution in [-0.4, -0.2) is 48.5 Å². The maximum Gasteiger partial charge on any atom is 0.573 e. The number of halogens is 3. The third-order valence-corrected chi connectivity index (χ3v) is 6.90. The van der Waals surface area contributed by atoms with E-state index in [0.717, 1.165) is 17.5 Å². The van der Waals surface area contributed by atoms with Crippen LogP contribution in [0.3, 0.4) is 0 Å². The van der Waals surface area contributed by atoms with Crippen molar-refractivity contribution in [2.45, 2.75) is 43.5 Å². The van der Waals surface area contributed by atoms with Crippen LogP contribution in [0.1, 0.15) is 30.4 Å². The van der Waals surface area contributed by atoms with Gasteiger partial charge in [-0.2, -0.15) is 0 Å². The Morgan fingerprint density at radius 1 is 1.31 bits per heavy atom. The molecule has 2 aliphatic carbocycles. The van der Waals surface area contributed by atoms with Gasteiger partial charge in [0.1, 0.15) is 12.4 Å². The number of aryl methyl sites for hydroxylation is 1. The summed E-state index contributed by atoms with van der Waals surface area (Å²) in [6.07, 6.45) is -3.02. The van der Waals surface area contributed by atoms with E-state index in [9.17, 15) is 22.8 Å². The summed E-state index contributed by atoms with van der Waals surface area (Å²) in [5, 5.41) is 2.80. The van der Waals surface area contributed by atoms with Crippen LogP contribution >= 0.6 is 0 Å². The number of cyclic esters (lactones) is 1. The summed E-state index contributed by atoms with van der Waals surface area (Å²) in [4.78, 5) is 26.1. The first kappa shape index (κ1) is 18.6. The Kier molecular flexibility index (Phi) is 3.71. The summed E-state index contributed by atoms with van der Waals surface area (Å²) in [6, 6.07) is 4.47. The first-order valence-corrected chi connectivity index (χ1v) is 9.70. The Bertz CT molecular complexity index is 896. The number of hydrogen-bond acceptors (Lipinski definition) is 4. The monoisotopic (exact) mass is 410 g/mol. The molecule has 5 rings (SSSR count). The summed E-state index contributed by atoms with van der Waals surface area (Å²) in [5.41, 5.74) is 1.19. The molecular formula is C20H21F3N2O4. The number of nitrogens with zero attached hydrogens (tertiary/aromatic N) is 1. The number of nitrogens with one attached hydrogen (secondary N) is 1. The fraction of sp³-hybridized carbons (Fsp3) is 0.600. The Hall–Kier alpha value is -2.45. The second-order valence-corrected chi connectivity index (χ2v) is 8.89. The summed E-state index contributed by atoms with van der Waals surface area (Å²) in [7, 11) is 0. The first-order chi connectivity index (χ1) is 13.6. The van der Waals surface area contributed by atoms with Crippen molar-refractivity contribution in [3.8, 4) is 5.75 Å². The minimum atomic E-state index is -4.71. The first-order valence-electron chi connectivity index (χ1n) is 9.70. The molecule has 0 bridgehead atoms. The smallest absolute Gasteiger partial charge is 0.447 e. The van der Waals surface area contributed by atoms with Gasteiger partial charge in [0.15, 0.2) is 0 Å². The van der Waals surface area contributed by atoms with Gasteiger partial charge in [-0.1, -0.05) is 6.07 Å². The molecule has 4 aliphatic rings. The summed E-state index contributed by atoms with van der Waals surface area (Å²) >= 11 is 0. The number of likely N-dealkylation sites (tertiary alicyclic amines) is 1. The van der Waals surface area contributed by atoms with Crippen molar-refractivity contribution in [2.75, 3.05) is 19.7 Å². The van der Waals surface area contributed by atoms with Gasteiger partial charge >= 0.3 is 12.5 Å². The molecule has 29 heavy (non-hydrogen) atoms. The Morgan fingerprint density at radius 2 is 2.07 bits per heavy atom. The molecule has 1 spiro atoms. The molecule has 6 nitrogen and oxygen atoms in total. The SMILES string of the molecule is Cc1cc(OC(F)(F)F)ccc1C12CC1CN(C(=O)[C@H]1C[C@]3(COC(=O)N3)C1)C2. The maximum absolute atomic E-state index is 12.9. The van der Waals surface area contributed by atoms with Crippen molar-refractivity contribution in [1.29, 1.82) is 0 Å². The number of alkyl halides is 3. The standard InChI is InChI=1S/C20H21F3N2O4/c1-11-4-14(29-20(21,22)23)2-3-15(11)19-7-13(19)8-25(9-19)16(26)12-5-18(6-12)10-28-17(27)24-18/h2-4,12-13H,5-10H2,1H3,(H,24,27)/t12-,13?,18+,19?. The third-order valence-electron chi connectivity index (χ3n) is 6.90. The van der Waals surface area contributed by atoms with E-state index in [2.05, 4.69) is 10.1 Å². The van der Waals surface area contributed by atoms with E-state index in [-0.39, 0.29) is 28.5 Å². The number of benzene rings is 1. The van der Waals surface area contributed by atoms with Crippen LogP contribution < -0.4 is 10.1 Å². The van der Waals surface area contributed by atoms with Gasteiger partial charge in [0.25, 0.3) is 0 Å². The predicted octanol–water partition coefficient (Wildman–Crippen LogP) is 2.88. The molecule has 2 amide bonds. The molecule has 2 saturated carbocycles. The van der Waals surface area contributed by atoms with Crippen molar-refractivity contribution in [3.05, 3.63) is 29.3 Å². The van der Waals surface area contributed by atoms with E-state index in [1.807, 2.05) is 4.90 Å². The van der Waals surface area contributed by atoms with Gasteiger partial charge in [-0.05, 0) is 55.4 Å². The van der Waals surface area contributed by atoms with Gasteiger partial charge in [-0.15, -0.1) is 13.2 Å². The van der Waals surface area contributed by atoms with Gasteiger partial charge in [0.05, 0.1) is 5.54 Å².